The minimum absolute atomic E-state index is 0.0205. The molecule has 0 unspecified atom stereocenters. The van der Waals surface area contributed by atoms with E-state index in [0.717, 1.165) is 12.3 Å². The zero-order valence-electron chi connectivity index (χ0n) is 36.0. The maximum Gasteiger partial charge on any atom is 0.343 e. The Kier molecular flexibility index (Phi) is 16.1. The molecule has 0 aliphatic rings. The molecule has 330 valence electrons. The van der Waals surface area contributed by atoms with Crippen molar-refractivity contribution in [2.24, 2.45) is 11.8 Å². The lowest BCUT2D eigenvalue weighted by Gasteiger charge is -2.38. The fraction of sp³-hybridized carbons (Fsp3) is 0.422. The lowest BCUT2D eigenvalue weighted by Crippen LogP contribution is -2.42. The highest BCUT2D eigenvalue weighted by atomic mass is 79.9. The standard InChI is InChI=1S/C23H33BrFNO4Si.C22H20ClF2NO4/c1-9-29-22(28)16-12-26(19-11-18(25)17(24)10-15(19)21(16)27)20(14(2)3)13-30-31(7,8)23(4,5)6;1-11(2)19(10-27)26-9-15(22(29)30)21(28)14-7-13(17(24)8-18(14)26)6-12-4-3-5-16(23)20(12)25/h10-12,14,20H,9,13H2,1-8H3;3-5,7-9,11,19,27H,6,10H2,1-2H3,(H,29,30)/t20-;19-/m11/s1. The van der Waals surface area contributed by atoms with Crippen molar-refractivity contribution in [3.8, 4) is 0 Å². The Morgan fingerprint density at radius 1 is 0.852 bits per heavy atom. The number of carbonyl (C=O) groups is 2. The van der Waals surface area contributed by atoms with Crippen LogP contribution < -0.4 is 10.9 Å². The van der Waals surface area contributed by atoms with Crippen molar-refractivity contribution in [1.29, 1.82) is 0 Å². The molecule has 0 amide bonds. The number of rotatable bonds is 13. The first-order valence-corrected chi connectivity index (χ1v) is 23.9. The monoisotopic (exact) mass is 948 g/mol. The van der Waals surface area contributed by atoms with Crippen LogP contribution >= 0.6 is 27.5 Å². The van der Waals surface area contributed by atoms with Crippen LogP contribution in [0.15, 0.2) is 68.9 Å². The number of carbonyl (C=O) groups excluding carboxylic acids is 1. The molecule has 0 aliphatic heterocycles. The Bertz CT molecular complexity index is 2570. The molecule has 2 heterocycles. The molecule has 5 rings (SSSR count). The minimum Gasteiger partial charge on any atom is -0.477 e. The fourth-order valence-electron chi connectivity index (χ4n) is 6.56. The van der Waals surface area contributed by atoms with Crippen molar-refractivity contribution in [2.75, 3.05) is 19.8 Å². The van der Waals surface area contributed by atoms with Crippen LogP contribution in [0, 0.1) is 29.3 Å². The second-order valence-corrected chi connectivity index (χ2v) is 23.2. The predicted molar refractivity (Wildman–Crippen MR) is 239 cm³/mol. The zero-order valence-corrected chi connectivity index (χ0v) is 39.3. The Morgan fingerprint density at radius 3 is 1.93 bits per heavy atom. The van der Waals surface area contributed by atoms with Crippen LogP contribution in [-0.4, -0.2) is 59.4 Å². The first-order chi connectivity index (χ1) is 28.4. The molecular formula is C45H53BrClF3N2O8Si. The summed E-state index contributed by atoms with van der Waals surface area (Å²) >= 11 is 8.94. The van der Waals surface area contributed by atoms with Crippen LogP contribution in [0.3, 0.4) is 0 Å². The summed E-state index contributed by atoms with van der Waals surface area (Å²) in [4.78, 5) is 49.9. The van der Waals surface area contributed by atoms with Gasteiger partial charge in [0.15, 0.2) is 8.32 Å². The third kappa shape index (κ3) is 10.9. The van der Waals surface area contributed by atoms with Crippen molar-refractivity contribution in [2.45, 2.75) is 92.0 Å². The highest BCUT2D eigenvalue weighted by Crippen LogP contribution is 2.38. The number of halogens is 5. The van der Waals surface area contributed by atoms with E-state index >= 15 is 0 Å². The van der Waals surface area contributed by atoms with Gasteiger partial charge in [0.1, 0.15) is 28.6 Å². The number of aromatic carboxylic acids is 1. The Hall–Kier alpha value is -4.28. The molecule has 16 heteroatoms. The smallest absolute Gasteiger partial charge is 0.343 e. The molecule has 3 aromatic carbocycles. The van der Waals surface area contributed by atoms with E-state index in [2.05, 4.69) is 49.8 Å². The van der Waals surface area contributed by atoms with Gasteiger partial charge in [-0.1, -0.05) is 72.2 Å². The molecule has 5 aromatic rings. The number of aliphatic hydroxyl groups is 1. The summed E-state index contributed by atoms with van der Waals surface area (Å²) in [7, 11) is -2.04. The van der Waals surface area contributed by atoms with E-state index in [9.17, 15) is 42.6 Å². The van der Waals surface area contributed by atoms with Gasteiger partial charge in [0.2, 0.25) is 10.9 Å². The van der Waals surface area contributed by atoms with Gasteiger partial charge in [0.05, 0.1) is 52.4 Å². The quantitative estimate of drug-likeness (QED) is 0.0879. The number of hydrogen-bond acceptors (Lipinski definition) is 7. The fourth-order valence-corrected chi connectivity index (χ4v) is 8.12. The second-order valence-electron chi connectivity index (χ2n) is 17.1. The van der Waals surface area contributed by atoms with E-state index in [1.807, 2.05) is 27.7 Å². The van der Waals surface area contributed by atoms with Gasteiger partial charge in [-0.3, -0.25) is 9.59 Å². The number of carboxylic acid groups (broad SMARTS) is 1. The van der Waals surface area contributed by atoms with E-state index in [4.69, 9.17) is 20.8 Å². The van der Waals surface area contributed by atoms with Crippen LogP contribution in [0.5, 0.6) is 0 Å². The van der Waals surface area contributed by atoms with Crippen molar-refractivity contribution in [3.63, 3.8) is 0 Å². The topological polar surface area (TPSA) is 137 Å². The van der Waals surface area contributed by atoms with Crippen LogP contribution in [0.25, 0.3) is 21.8 Å². The summed E-state index contributed by atoms with van der Waals surface area (Å²) in [5, 5.41) is 19.4. The number of hydrogen-bond donors (Lipinski definition) is 2. The van der Waals surface area contributed by atoms with Gasteiger partial charge < -0.3 is 28.5 Å². The molecule has 0 fully saturated rings. The Morgan fingerprint density at radius 2 is 1.39 bits per heavy atom. The van der Waals surface area contributed by atoms with E-state index in [1.165, 1.54) is 47.2 Å². The van der Waals surface area contributed by atoms with Crippen LogP contribution in [0.4, 0.5) is 13.2 Å². The lowest BCUT2D eigenvalue weighted by molar-refractivity contribution is 0.0522. The molecule has 2 atom stereocenters. The first-order valence-electron chi connectivity index (χ1n) is 19.9. The summed E-state index contributed by atoms with van der Waals surface area (Å²) in [5.41, 5.74) is -1.05. The van der Waals surface area contributed by atoms with E-state index < -0.39 is 60.2 Å². The zero-order chi connectivity index (χ0) is 45.9. The summed E-state index contributed by atoms with van der Waals surface area (Å²) in [5.74, 6) is -3.96. The number of esters is 1. The van der Waals surface area contributed by atoms with E-state index in [0.29, 0.717) is 12.1 Å². The average molecular weight is 950 g/mol. The molecule has 0 saturated heterocycles. The molecule has 10 nitrogen and oxygen atoms in total. The summed E-state index contributed by atoms with van der Waals surface area (Å²) in [6.45, 7) is 20.5. The van der Waals surface area contributed by atoms with Gasteiger partial charge in [-0.15, -0.1) is 0 Å². The van der Waals surface area contributed by atoms with E-state index in [-0.39, 0.29) is 85.0 Å². The molecule has 2 N–H and O–H groups in total. The van der Waals surface area contributed by atoms with Crippen molar-refractivity contribution in [3.05, 3.63) is 125 Å². The number of ether oxygens (including phenoxy) is 1. The number of nitrogens with zero attached hydrogens (tertiary/aromatic N) is 2. The second kappa shape index (κ2) is 19.8. The normalized spacial score (nSPS) is 13.1. The van der Waals surface area contributed by atoms with Crippen LogP contribution in [-0.2, 0) is 15.6 Å². The van der Waals surface area contributed by atoms with Gasteiger partial charge >= 0.3 is 11.9 Å². The minimum atomic E-state index is -2.04. The predicted octanol–water partition coefficient (Wildman–Crippen LogP) is 10.7. The largest absolute Gasteiger partial charge is 0.477 e. The molecule has 0 saturated carbocycles. The molecule has 0 radical (unpaired) electrons. The van der Waals surface area contributed by atoms with Crippen molar-refractivity contribution >= 4 is 69.6 Å². The number of benzene rings is 3. The summed E-state index contributed by atoms with van der Waals surface area (Å²) < 4.78 is 58.6. The average Bonchev–Trinajstić information content (AvgIpc) is 3.16. The Balaban J connectivity index is 0.000000269. The first kappa shape index (κ1) is 49.4. The summed E-state index contributed by atoms with van der Waals surface area (Å²) in [6.07, 6.45) is 2.46. The Labute approximate surface area is 367 Å². The van der Waals surface area contributed by atoms with Gasteiger partial charge in [-0.2, -0.15) is 0 Å². The van der Waals surface area contributed by atoms with E-state index in [1.54, 1.807) is 11.5 Å². The molecular weight excluding hydrogens is 897 g/mol. The van der Waals surface area contributed by atoms with Crippen molar-refractivity contribution in [1.82, 2.24) is 9.13 Å². The molecule has 0 aliphatic carbocycles. The molecule has 2 aromatic heterocycles. The number of carboxylic acids is 1. The van der Waals surface area contributed by atoms with Crippen LogP contribution in [0.2, 0.25) is 23.2 Å². The third-order valence-corrected chi connectivity index (χ3v) is 16.7. The van der Waals surface area contributed by atoms with Crippen LogP contribution in [0.1, 0.15) is 99.3 Å². The SMILES string of the molecule is CC(C)[C@@H](CO)n1cc(C(=O)O)c(=O)c2cc(Cc3cccc(Cl)c3F)c(F)cc21.CCOC(=O)c1cn([C@H](CO[Si](C)(C)C(C)(C)C)C(C)C)c2cc(F)c(Br)cc2c1=O. The molecule has 61 heavy (non-hydrogen) atoms. The maximum atomic E-state index is 14.9. The molecule has 0 spiro atoms. The number of aliphatic hydroxyl groups excluding tert-OH is 1. The molecule has 0 bridgehead atoms. The number of pyridine rings is 2. The van der Waals surface area contributed by atoms with Gasteiger partial charge in [-0.25, -0.2) is 22.8 Å². The highest BCUT2D eigenvalue weighted by Gasteiger charge is 2.38. The number of aromatic nitrogens is 2. The maximum absolute atomic E-state index is 14.9. The van der Waals surface area contributed by atoms with Crippen molar-refractivity contribution < 1.29 is 42.1 Å². The number of fused-ring (bicyclic) bond motifs is 2. The van der Waals surface area contributed by atoms with Gasteiger partial charge in [-0.05, 0) is 94.3 Å². The highest BCUT2D eigenvalue weighted by molar-refractivity contribution is 9.10. The third-order valence-electron chi connectivity index (χ3n) is 11.3. The van der Waals surface area contributed by atoms with Gasteiger partial charge in [0.25, 0.3) is 0 Å². The lowest BCUT2D eigenvalue weighted by atomic mass is 9.99. The van der Waals surface area contributed by atoms with Gasteiger partial charge in [0, 0.05) is 29.6 Å². The summed E-state index contributed by atoms with van der Waals surface area (Å²) in [6, 6.07) is 8.70.